The van der Waals surface area contributed by atoms with Crippen LogP contribution in [0.2, 0.25) is 0 Å². The Labute approximate surface area is 283 Å². The van der Waals surface area contributed by atoms with Crippen LogP contribution in [0, 0.1) is 17.8 Å². The number of imide groups is 1. The number of hydrogen-bond donors (Lipinski definition) is 3. The predicted molar refractivity (Wildman–Crippen MR) is 185 cm³/mol. The van der Waals surface area contributed by atoms with E-state index in [0.717, 1.165) is 36.3 Å². The second-order valence-corrected chi connectivity index (χ2v) is 13.5. The molecular weight excluding hydrogens is 604 g/mol. The fourth-order valence-corrected chi connectivity index (χ4v) is 7.79. The highest BCUT2D eigenvalue weighted by molar-refractivity contribution is 6.06. The zero-order valence-electron chi connectivity index (χ0n) is 27.6. The van der Waals surface area contributed by atoms with Crippen LogP contribution < -0.4 is 4.74 Å². The van der Waals surface area contributed by atoms with Gasteiger partial charge >= 0.3 is 0 Å². The number of nitrogens with zero attached hydrogens (tertiary/aromatic N) is 2. The summed E-state index contributed by atoms with van der Waals surface area (Å²) in [4.78, 5) is 32.1. The molecule has 2 saturated heterocycles. The molecule has 0 saturated carbocycles. The lowest BCUT2D eigenvalue weighted by molar-refractivity contribution is -0.144. The minimum Gasteiger partial charge on any atom is -0.508 e. The summed E-state index contributed by atoms with van der Waals surface area (Å²) in [6, 6.07) is 26.5. The highest BCUT2D eigenvalue weighted by atomic mass is 16.5. The Hall–Kier alpha value is -4.24. The molecule has 1 aliphatic carbocycles. The van der Waals surface area contributed by atoms with Gasteiger partial charge in [-0.05, 0) is 85.6 Å². The molecular formula is C40H46N2O6. The minimum atomic E-state index is -0.918. The summed E-state index contributed by atoms with van der Waals surface area (Å²) in [7, 11) is 0. The van der Waals surface area contributed by atoms with Crippen LogP contribution in [0.15, 0.2) is 102 Å². The molecule has 2 amide bonds. The van der Waals surface area contributed by atoms with E-state index < -0.39 is 23.9 Å². The number of amides is 2. The molecule has 8 nitrogen and oxygen atoms in total. The Bertz CT molecular complexity index is 1610. The molecule has 252 valence electrons. The molecule has 3 aromatic rings. The molecule has 0 unspecified atom stereocenters. The first kappa shape index (κ1) is 33.7. The highest BCUT2D eigenvalue weighted by Gasteiger charge is 2.56. The number of rotatable bonds is 12. The number of para-hydroxylation sites is 1. The van der Waals surface area contributed by atoms with Gasteiger partial charge in [0.25, 0.3) is 0 Å². The normalized spacial score (nSPS) is 23.0. The van der Waals surface area contributed by atoms with Gasteiger partial charge in [-0.25, -0.2) is 0 Å². The van der Waals surface area contributed by atoms with Gasteiger partial charge in [-0.1, -0.05) is 72.3 Å². The quantitative estimate of drug-likeness (QED) is 0.173. The number of ether oxygens (including phenoxy) is 1. The van der Waals surface area contributed by atoms with Crippen LogP contribution in [-0.2, 0) is 16.1 Å². The van der Waals surface area contributed by atoms with Gasteiger partial charge in [0.2, 0.25) is 11.8 Å². The predicted octanol–water partition coefficient (Wildman–Crippen LogP) is 5.59. The molecule has 2 heterocycles. The van der Waals surface area contributed by atoms with Crippen LogP contribution in [0.3, 0.4) is 0 Å². The lowest BCUT2D eigenvalue weighted by Gasteiger charge is -2.37. The molecule has 8 heteroatoms. The summed E-state index contributed by atoms with van der Waals surface area (Å²) < 4.78 is 6.15. The largest absolute Gasteiger partial charge is 0.508 e. The number of carbonyl (C=O) groups excluding carboxylic acids is 2. The maximum Gasteiger partial charge on any atom is 0.234 e. The van der Waals surface area contributed by atoms with Crippen molar-refractivity contribution in [2.75, 3.05) is 26.3 Å². The minimum absolute atomic E-state index is 0.164. The van der Waals surface area contributed by atoms with E-state index in [9.17, 15) is 24.9 Å². The van der Waals surface area contributed by atoms with Gasteiger partial charge in [0.15, 0.2) is 0 Å². The smallest absolute Gasteiger partial charge is 0.234 e. The molecule has 3 aromatic carbocycles. The Morgan fingerprint density at radius 1 is 0.938 bits per heavy atom. The van der Waals surface area contributed by atoms with E-state index in [4.69, 9.17) is 4.74 Å². The number of aliphatic hydroxyl groups excluding tert-OH is 2. The van der Waals surface area contributed by atoms with Crippen LogP contribution in [0.1, 0.15) is 50.2 Å². The number of fused-ring (bicyclic) bond motifs is 1. The maximum absolute atomic E-state index is 14.2. The Balaban J connectivity index is 1.19. The number of aliphatic hydroxyl groups is 2. The van der Waals surface area contributed by atoms with Crippen LogP contribution >= 0.6 is 0 Å². The van der Waals surface area contributed by atoms with E-state index >= 15 is 0 Å². The fraction of sp³-hybridized carbons (Fsp3) is 0.400. The molecule has 2 aliphatic heterocycles. The van der Waals surface area contributed by atoms with E-state index in [1.807, 2.05) is 73.7 Å². The number of phenolic OH excluding ortho intramolecular Hbond substituents is 1. The van der Waals surface area contributed by atoms with Crippen LogP contribution in [0.25, 0.3) is 6.08 Å². The number of hydrogen-bond acceptors (Lipinski definition) is 7. The first-order valence-corrected chi connectivity index (χ1v) is 17.1. The lowest BCUT2D eigenvalue weighted by atomic mass is 9.68. The molecule has 2 fully saturated rings. The molecule has 0 aromatic heterocycles. The Morgan fingerprint density at radius 3 is 2.27 bits per heavy atom. The summed E-state index contributed by atoms with van der Waals surface area (Å²) in [6.07, 6.45) is 3.83. The number of piperidine rings is 1. The zero-order chi connectivity index (χ0) is 33.6. The Kier molecular flexibility index (Phi) is 10.7. The number of phenols is 1. The summed E-state index contributed by atoms with van der Waals surface area (Å²) in [6.45, 7) is 4.25. The molecule has 0 spiro atoms. The van der Waals surface area contributed by atoms with Crippen molar-refractivity contribution in [1.82, 2.24) is 9.80 Å². The third-order valence-electron chi connectivity index (χ3n) is 10.2. The summed E-state index contributed by atoms with van der Waals surface area (Å²) >= 11 is 0. The molecule has 4 atom stereocenters. The summed E-state index contributed by atoms with van der Waals surface area (Å²) in [5.41, 5.74) is 4.66. The van der Waals surface area contributed by atoms with Gasteiger partial charge in [-0.3, -0.25) is 19.4 Å². The average molecular weight is 651 g/mol. The summed E-state index contributed by atoms with van der Waals surface area (Å²) in [5, 5.41) is 32.2. The molecule has 0 radical (unpaired) electrons. The number of benzene rings is 3. The molecule has 3 N–H and O–H groups in total. The first-order chi connectivity index (χ1) is 23.3. The van der Waals surface area contributed by atoms with Gasteiger partial charge in [-0.2, -0.15) is 0 Å². The Morgan fingerprint density at radius 2 is 1.60 bits per heavy atom. The van der Waals surface area contributed by atoms with Crippen molar-refractivity contribution in [2.45, 2.75) is 57.7 Å². The topological polar surface area (TPSA) is 111 Å². The third kappa shape index (κ3) is 7.57. The van der Waals surface area contributed by atoms with Crippen molar-refractivity contribution in [1.29, 1.82) is 0 Å². The van der Waals surface area contributed by atoms with Gasteiger partial charge in [0, 0.05) is 31.6 Å². The van der Waals surface area contributed by atoms with Gasteiger partial charge in [-0.15, -0.1) is 0 Å². The maximum atomic E-state index is 14.2. The number of carbonyl (C=O) groups is 2. The standard InChI is InChI=1S/C40H46N2O6/c1-27(22-28-13-15-32(44)16-14-28)12-17-36(45)37-30(26-48-33-10-6-3-7-11-33)23-34-38(35(37)25-43)40(47)42(39(34)46)31-18-20-41(21-19-31)24-29-8-4-2-5-9-29/h2-11,13-16,22,31,34-36,38,43-45H,12,17-21,23-26H2,1H3/b27-22+/t34-,35+,36-,38-/m1/s1. The number of allylic oxidation sites excluding steroid dienone is 1. The van der Waals surface area contributed by atoms with Crippen molar-refractivity contribution < 1.29 is 29.6 Å². The van der Waals surface area contributed by atoms with Crippen molar-refractivity contribution in [3.8, 4) is 11.5 Å². The number of likely N-dealkylation sites (tertiary alicyclic amines) is 2. The van der Waals surface area contributed by atoms with Crippen LogP contribution in [0.4, 0.5) is 0 Å². The van der Waals surface area contributed by atoms with E-state index in [1.54, 1.807) is 12.1 Å². The van der Waals surface area contributed by atoms with Crippen molar-refractivity contribution >= 4 is 17.9 Å². The summed E-state index contributed by atoms with van der Waals surface area (Å²) in [5.74, 6) is -1.47. The van der Waals surface area contributed by atoms with Gasteiger partial charge in [0.05, 0.1) is 24.5 Å². The van der Waals surface area contributed by atoms with Crippen LogP contribution in [0.5, 0.6) is 11.5 Å². The lowest BCUT2D eigenvalue weighted by Crippen LogP contribution is -2.47. The van der Waals surface area contributed by atoms with E-state index in [1.165, 1.54) is 10.5 Å². The monoisotopic (exact) mass is 650 g/mol. The second kappa shape index (κ2) is 15.3. The SMILES string of the molecule is C/C(=C\c1ccc(O)cc1)CC[C@@H](O)C1=C(COc2ccccc2)C[C@H]2C(=O)N(C3CCN(Cc4ccccc4)CC3)C(=O)[C@H]2[C@H]1CO. The van der Waals surface area contributed by atoms with Crippen molar-refractivity contribution in [3.63, 3.8) is 0 Å². The van der Waals surface area contributed by atoms with E-state index in [0.29, 0.717) is 43.4 Å². The van der Waals surface area contributed by atoms with Gasteiger partial charge < -0.3 is 20.1 Å². The van der Waals surface area contributed by atoms with Crippen molar-refractivity contribution in [3.05, 3.63) is 113 Å². The molecule has 3 aliphatic rings. The molecule has 48 heavy (non-hydrogen) atoms. The fourth-order valence-electron chi connectivity index (χ4n) is 7.79. The second-order valence-electron chi connectivity index (χ2n) is 13.5. The average Bonchev–Trinajstić information content (AvgIpc) is 3.36. The first-order valence-electron chi connectivity index (χ1n) is 17.1. The molecule has 0 bridgehead atoms. The highest BCUT2D eigenvalue weighted by Crippen LogP contribution is 2.47. The van der Waals surface area contributed by atoms with Crippen molar-refractivity contribution in [2.24, 2.45) is 17.8 Å². The molecule has 6 rings (SSSR count). The van der Waals surface area contributed by atoms with E-state index in [2.05, 4.69) is 17.0 Å². The number of aromatic hydroxyl groups is 1. The zero-order valence-corrected chi connectivity index (χ0v) is 27.6. The van der Waals surface area contributed by atoms with Gasteiger partial charge in [0.1, 0.15) is 18.1 Å². The van der Waals surface area contributed by atoms with Crippen LogP contribution in [-0.4, -0.2) is 75.4 Å². The van der Waals surface area contributed by atoms with E-state index in [-0.39, 0.29) is 36.8 Å². The third-order valence-corrected chi connectivity index (χ3v) is 10.2.